The van der Waals surface area contributed by atoms with Gasteiger partial charge in [0.25, 0.3) is 0 Å². The highest BCUT2D eigenvalue weighted by Gasteiger charge is 2.56. The Balaban J connectivity index is 1.14. The number of rotatable bonds is 2. The van der Waals surface area contributed by atoms with Gasteiger partial charge in [0, 0.05) is 29.8 Å². The molecule has 0 N–H and O–H groups in total. The molecule has 0 aromatic heterocycles. The van der Waals surface area contributed by atoms with E-state index in [2.05, 4.69) is 49.9 Å². The zero-order valence-electron chi connectivity index (χ0n) is 18.0. The highest BCUT2D eigenvalue weighted by molar-refractivity contribution is 5.82. The molecule has 2 spiro atoms. The topological polar surface area (TPSA) is 46.6 Å². The SMILES string of the molecule is CC(C)(C)c1ccc(C2CCC3(C2)CN(C(=O)C2CC4(COC(=O)C4)C2)C3)cc1. The van der Waals surface area contributed by atoms with Crippen LogP contribution in [0.25, 0.3) is 0 Å². The molecule has 1 aromatic rings. The normalized spacial score (nSPS) is 32.9. The lowest BCUT2D eigenvalue weighted by atomic mass is 9.60. The number of hydrogen-bond donors (Lipinski definition) is 0. The molecule has 2 saturated heterocycles. The van der Waals surface area contributed by atoms with Gasteiger partial charge in [-0.2, -0.15) is 0 Å². The maximum Gasteiger partial charge on any atom is 0.306 e. The third kappa shape index (κ3) is 3.29. The van der Waals surface area contributed by atoms with Crippen molar-refractivity contribution in [2.75, 3.05) is 19.7 Å². The van der Waals surface area contributed by atoms with Crippen molar-refractivity contribution < 1.29 is 14.3 Å². The zero-order chi connectivity index (χ0) is 20.4. The molecule has 0 radical (unpaired) electrons. The number of benzene rings is 1. The molecule has 1 aromatic carbocycles. The molecule has 1 unspecified atom stereocenters. The Kier molecular flexibility index (Phi) is 4.18. The molecule has 5 rings (SSSR count). The Labute approximate surface area is 174 Å². The smallest absolute Gasteiger partial charge is 0.306 e. The summed E-state index contributed by atoms with van der Waals surface area (Å²) in [5.41, 5.74) is 3.38. The highest BCUT2D eigenvalue weighted by Crippen LogP contribution is 2.55. The molecular formula is C25H33NO3. The van der Waals surface area contributed by atoms with E-state index in [1.807, 2.05) is 0 Å². The molecule has 2 aliphatic carbocycles. The Hall–Kier alpha value is -1.84. The van der Waals surface area contributed by atoms with E-state index in [1.54, 1.807) is 0 Å². The summed E-state index contributed by atoms with van der Waals surface area (Å²) in [6.07, 6.45) is 5.87. The maximum absolute atomic E-state index is 12.9. The Morgan fingerprint density at radius 1 is 1.07 bits per heavy atom. The highest BCUT2D eigenvalue weighted by atomic mass is 16.5. The van der Waals surface area contributed by atoms with Crippen LogP contribution in [0.15, 0.2) is 24.3 Å². The van der Waals surface area contributed by atoms with Crippen molar-refractivity contribution in [3.63, 3.8) is 0 Å². The first-order valence-electron chi connectivity index (χ1n) is 11.2. The van der Waals surface area contributed by atoms with Crippen molar-refractivity contribution in [2.24, 2.45) is 16.7 Å². The number of carbonyl (C=O) groups excluding carboxylic acids is 2. The van der Waals surface area contributed by atoms with Crippen LogP contribution in [-0.2, 0) is 19.7 Å². The second kappa shape index (κ2) is 6.33. The number of nitrogens with zero attached hydrogens (tertiary/aromatic N) is 1. The molecule has 2 heterocycles. The van der Waals surface area contributed by atoms with E-state index < -0.39 is 0 Å². The largest absolute Gasteiger partial charge is 0.465 e. The summed E-state index contributed by atoms with van der Waals surface area (Å²) in [6, 6.07) is 9.23. The van der Waals surface area contributed by atoms with Crippen LogP contribution in [0, 0.1) is 16.7 Å². The van der Waals surface area contributed by atoms with E-state index in [0.29, 0.717) is 30.3 Å². The molecule has 4 aliphatic rings. The molecule has 4 nitrogen and oxygen atoms in total. The summed E-state index contributed by atoms with van der Waals surface area (Å²) >= 11 is 0. The molecule has 4 fully saturated rings. The lowest BCUT2D eigenvalue weighted by Gasteiger charge is -2.52. The van der Waals surface area contributed by atoms with Crippen LogP contribution in [-0.4, -0.2) is 36.5 Å². The van der Waals surface area contributed by atoms with Crippen LogP contribution >= 0.6 is 0 Å². The standard InChI is InChI=1S/C25H33NO3/c1-23(2,3)20-6-4-17(5-7-20)18-8-9-24(10-18)14-26(15-24)22(28)19-11-25(12-19)13-21(27)29-16-25/h4-7,18-19H,8-16H2,1-3H3. The van der Waals surface area contributed by atoms with Crippen LogP contribution in [0.3, 0.4) is 0 Å². The van der Waals surface area contributed by atoms with E-state index in [-0.39, 0.29) is 22.7 Å². The van der Waals surface area contributed by atoms with Crippen LogP contribution in [0.5, 0.6) is 0 Å². The van der Waals surface area contributed by atoms with Crippen molar-refractivity contribution in [3.8, 4) is 0 Å². The van der Waals surface area contributed by atoms with Crippen LogP contribution in [0.2, 0.25) is 0 Å². The summed E-state index contributed by atoms with van der Waals surface area (Å²) in [7, 11) is 0. The van der Waals surface area contributed by atoms with Gasteiger partial charge in [-0.25, -0.2) is 0 Å². The van der Waals surface area contributed by atoms with E-state index in [4.69, 9.17) is 4.74 Å². The average molecular weight is 396 g/mol. The van der Waals surface area contributed by atoms with Gasteiger partial charge >= 0.3 is 5.97 Å². The first-order chi connectivity index (χ1) is 13.7. The third-order valence-corrected chi connectivity index (χ3v) is 8.08. The fourth-order valence-corrected chi connectivity index (χ4v) is 6.28. The number of cyclic esters (lactones) is 1. The summed E-state index contributed by atoms with van der Waals surface area (Å²) in [4.78, 5) is 26.3. The van der Waals surface area contributed by atoms with Gasteiger partial charge < -0.3 is 9.64 Å². The Morgan fingerprint density at radius 2 is 1.76 bits per heavy atom. The van der Waals surface area contributed by atoms with Crippen LogP contribution in [0.4, 0.5) is 0 Å². The number of likely N-dealkylation sites (tertiary alicyclic amines) is 1. The van der Waals surface area contributed by atoms with Crippen molar-refractivity contribution in [3.05, 3.63) is 35.4 Å². The fraction of sp³-hybridized carbons (Fsp3) is 0.680. The molecule has 1 amide bonds. The fourth-order valence-electron chi connectivity index (χ4n) is 6.28. The van der Waals surface area contributed by atoms with Gasteiger partial charge in [-0.15, -0.1) is 0 Å². The molecule has 156 valence electrons. The molecule has 2 saturated carbocycles. The lowest BCUT2D eigenvalue weighted by molar-refractivity contribution is -0.155. The van der Waals surface area contributed by atoms with E-state index in [0.717, 1.165) is 25.9 Å². The van der Waals surface area contributed by atoms with Crippen molar-refractivity contribution in [1.29, 1.82) is 0 Å². The van der Waals surface area contributed by atoms with Crippen LogP contribution < -0.4 is 0 Å². The van der Waals surface area contributed by atoms with Crippen molar-refractivity contribution in [1.82, 2.24) is 4.90 Å². The quantitative estimate of drug-likeness (QED) is 0.696. The van der Waals surface area contributed by atoms with Gasteiger partial charge in [-0.1, -0.05) is 45.0 Å². The third-order valence-electron chi connectivity index (χ3n) is 8.08. The Bertz CT molecular complexity index is 823. The molecule has 0 bridgehead atoms. The predicted octanol–water partition coefficient (Wildman–Crippen LogP) is 4.42. The second-order valence-electron chi connectivity index (χ2n) is 11.4. The average Bonchev–Trinajstić information content (AvgIpc) is 3.22. The number of carbonyl (C=O) groups is 2. The lowest BCUT2D eigenvalue weighted by Crippen LogP contribution is -2.60. The molecule has 2 aliphatic heterocycles. The van der Waals surface area contributed by atoms with Gasteiger partial charge in [-0.3, -0.25) is 9.59 Å². The van der Waals surface area contributed by atoms with Gasteiger partial charge in [-0.05, 0) is 54.6 Å². The summed E-state index contributed by atoms with van der Waals surface area (Å²) in [6.45, 7) is 9.16. The summed E-state index contributed by atoms with van der Waals surface area (Å²) in [5, 5.41) is 0. The summed E-state index contributed by atoms with van der Waals surface area (Å²) < 4.78 is 5.13. The molecule has 1 atom stereocenters. The minimum atomic E-state index is -0.0914. The number of ether oxygens (including phenoxy) is 1. The summed E-state index contributed by atoms with van der Waals surface area (Å²) in [5.74, 6) is 0.976. The van der Waals surface area contributed by atoms with Gasteiger partial charge in [0.15, 0.2) is 0 Å². The van der Waals surface area contributed by atoms with Crippen LogP contribution in [0.1, 0.15) is 76.3 Å². The van der Waals surface area contributed by atoms with Crippen molar-refractivity contribution in [2.45, 2.75) is 70.6 Å². The molecule has 29 heavy (non-hydrogen) atoms. The monoisotopic (exact) mass is 395 g/mol. The van der Waals surface area contributed by atoms with E-state index >= 15 is 0 Å². The maximum atomic E-state index is 12.9. The number of hydrogen-bond acceptors (Lipinski definition) is 3. The first kappa shape index (κ1) is 19.1. The van der Waals surface area contributed by atoms with Gasteiger partial charge in [0.2, 0.25) is 5.91 Å². The second-order valence-corrected chi connectivity index (χ2v) is 11.4. The van der Waals surface area contributed by atoms with Gasteiger partial charge in [0.1, 0.15) is 0 Å². The molecule has 4 heteroatoms. The van der Waals surface area contributed by atoms with Crippen molar-refractivity contribution >= 4 is 11.9 Å². The molecular weight excluding hydrogens is 362 g/mol. The first-order valence-corrected chi connectivity index (χ1v) is 11.2. The number of esters is 1. The predicted molar refractivity (Wildman–Crippen MR) is 111 cm³/mol. The Morgan fingerprint density at radius 3 is 2.34 bits per heavy atom. The van der Waals surface area contributed by atoms with Gasteiger partial charge in [0.05, 0.1) is 13.0 Å². The zero-order valence-corrected chi connectivity index (χ0v) is 18.0. The minimum absolute atomic E-state index is 0.0162. The minimum Gasteiger partial charge on any atom is -0.465 e. The number of amides is 1. The van der Waals surface area contributed by atoms with E-state index in [1.165, 1.54) is 30.4 Å². The van der Waals surface area contributed by atoms with E-state index in [9.17, 15) is 9.59 Å².